The maximum absolute atomic E-state index is 10.3. The molecular formula is C24H20N2Na2O2. The molecule has 0 atom stereocenters. The summed E-state index contributed by atoms with van der Waals surface area (Å²) in [4.78, 5) is 28.9. The largest absolute Gasteiger partial charge is 0.256 e. The van der Waals surface area contributed by atoms with Gasteiger partial charge in [-0.05, 0) is 48.6 Å². The van der Waals surface area contributed by atoms with Crippen LogP contribution in [0, 0.1) is 0 Å². The van der Waals surface area contributed by atoms with Gasteiger partial charge in [-0.1, -0.05) is 48.5 Å². The van der Waals surface area contributed by atoms with E-state index in [1.54, 1.807) is 0 Å². The van der Waals surface area contributed by atoms with Crippen molar-refractivity contribution in [1.29, 1.82) is 0 Å². The summed E-state index contributed by atoms with van der Waals surface area (Å²) in [6, 6.07) is 24.2. The number of pyridine rings is 2. The molecule has 0 saturated heterocycles. The first kappa shape index (κ1) is 26.1. The minimum atomic E-state index is -0.121. The molecule has 0 bridgehead atoms. The van der Waals surface area contributed by atoms with Crippen LogP contribution >= 0.6 is 0 Å². The average molecular weight is 414 g/mol. The molecule has 2 heterocycles. The van der Waals surface area contributed by atoms with Crippen LogP contribution in [0.3, 0.4) is 0 Å². The smallest absolute Gasteiger partial charge is 0.0701 e. The van der Waals surface area contributed by atoms with Gasteiger partial charge in [0, 0.05) is 23.2 Å². The first-order valence-corrected chi connectivity index (χ1v) is 8.76. The molecule has 0 saturated carbocycles. The number of aromatic nitrogens is 2. The van der Waals surface area contributed by atoms with E-state index in [1.165, 1.54) is 35.1 Å². The summed E-state index contributed by atoms with van der Waals surface area (Å²) in [5.74, 6) is -0.241. The number of fused-ring (bicyclic) bond motifs is 2. The van der Waals surface area contributed by atoms with Crippen molar-refractivity contribution < 1.29 is 9.59 Å². The van der Waals surface area contributed by atoms with E-state index >= 15 is 0 Å². The second-order valence-corrected chi connectivity index (χ2v) is 5.86. The van der Waals surface area contributed by atoms with Crippen LogP contribution in [-0.4, -0.2) is 80.6 Å². The summed E-state index contributed by atoms with van der Waals surface area (Å²) in [6.07, 6.45) is 8.62. The van der Waals surface area contributed by atoms with E-state index in [0.717, 1.165) is 11.0 Å². The fourth-order valence-electron chi connectivity index (χ4n) is 2.47. The molecule has 4 nitrogen and oxygen atoms in total. The molecule has 0 spiro atoms. The van der Waals surface area contributed by atoms with Crippen LogP contribution < -0.4 is 0 Å². The molecule has 1 aliphatic carbocycles. The molecule has 0 amide bonds. The number of hydrogen-bond acceptors (Lipinski definition) is 4. The fourth-order valence-corrected chi connectivity index (χ4v) is 2.47. The number of nitrogens with zero attached hydrogens (tertiary/aromatic N) is 2. The molecule has 2 aromatic heterocycles. The fraction of sp³-hybridized carbons (Fsp3) is 0. The van der Waals surface area contributed by atoms with Gasteiger partial charge in [0.15, 0.2) is 11.6 Å². The van der Waals surface area contributed by atoms with Crippen molar-refractivity contribution in [3.05, 3.63) is 109 Å². The van der Waals surface area contributed by atoms with Gasteiger partial charge < -0.3 is 0 Å². The van der Waals surface area contributed by atoms with Crippen molar-refractivity contribution in [2.24, 2.45) is 0 Å². The number of para-hydroxylation sites is 2. The number of carbonyl (C=O) groups excluding carboxylic acids is 2. The Balaban J connectivity index is 0.000000220. The number of hydrogen-bond donors (Lipinski definition) is 0. The van der Waals surface area contributed by atoms with Crippen LogP contribution in [0.25, 0.3) is 21.8 Å². The number of benzene rings is 2. The normalized spacial score (nSPS) is 11.3. The van der Waals surface area contributed by atoms with E-state index in [4.69, 9.17) is 0 Å². The van der Waals surface area contributed by atoms with E-state index in [-0.39, 0.29) is 70.7 Å². The third kappa shape index (κ3) is 8.44. The van der Waals surface area contributed by atoms with Gasteiger partial charge in [0.2, 0.25) is 0 Å². The molecular weight excluding hydrogens is 394 g/mol. The van der Waals surface area contributed by atoms with Crippen molar-refractivity contribution >= 4 is 92.5 Å². The van der Waals surface area contributed by atoms with Gasteiger partial charge in [0.1, 0.15) is 0 Å². The number of ketones is 2. The summed E-state index contributed by atoms with van der Waals surface area (Å²) in [7, 11) is 0. The molecule has 30 heavy (non-hydrogen) atoms. The molecule has 140 valence electrons. The molecule has 5 rings (SSSR count). The predicted molar refractivity (Wildman–Crippen MR) is 126 cm³/mol. The third-order valence-corrected chi connectivity index (χ3v) is 3.85. The topological polar surface area (TPSA) is 59.9 Å². The number of allylic oxidation sites excluding steroid dienone is 4. The molecule has 1 aliphatic rings. The standard InChI is InChI=1S/2C9H7N.C6H4O2.2Na.2H/c2*1-2-6-9-8(4-1)5-3-7-10-9;7-5-1-2-6(8)4-3-5;;;;/h2*1-7H;1-4H;;;;. The summed E-state index contributed by atoms with van der Waals surface area (Å²) >= 11 is 0. The summed E-state index contributed by atoms with van der Waals surface area (Å²) in [6.45, 7) is 0. The van der Waals surface area contributed by atoms with Crippen LogP contribution in [-0.2, 0) is 9.59 Å². The van der Waals surface area contributed by atoms with Gasteiger partial charge in [-0.15, -0.1) is 0 Å². The Morgan fingerprint density at radius 3 is 1.17 bits per heavy atom. The van der Waals surface area contributed by atoms with Crippen LogP contribution in [0.1, 0.15) is 0 Å². The molecule has 0 N–H and O–H groups in total. The molecule has 0 fully saturated rings. The second kappa shape index (κ2) is 14.1. The zero-order valence-electron chi connectivity index (χ0n) is 15.1. The zero-order valence-corrected chi connectivity index (χ0v) is 15.1. The Labute approximate surface area is 219 Å². The Kier molecular flexibility index (Phi) is 12.3. The van der Waals surface area contributed by atoms with Crippen LogP contribution in [0.2, 0.25) is 0 Å². The maximum atomic E-state index is 10.3. The van der Waals surface area contributed by atoms with E-state index in [2.05, 4.69) is 34.2 Å². The van der Waals surface area contributed by atoms with E-state index < -0.39 is 0 Å². The SMILES string of the molecule is O=C1C=CC(=O)C=C1.[NaH].[NaH].c1ccc2ncccc2c1.c1ccc2ncccc2c1. The van der Waals surface area contributed by atoms with Crippen molar-refractivity contribution in [3.8, 4) is 0 Å². The van der Waals surface area contributed by atoms with Crippen molar-refractivity contribution in [2.75, 3.05) is 0 Å². The first-order chi connectivity index (χ1) is 13.7. The maximum Gasteiger partial charge on any atom is 0.0701 e. The van der Waals surface area contributed by atoms with Gasteiger partial charge >= 0.3 is 59.1 Å². The van der Waals surface area contributed by atoms with Gasteiger partial charge in [-0.2, -0.15) is 0 Å². The Bertz CT molecular complexity index is 934. The van der Waals surface area contributed by atoms with E-state index in [9.17, 15) is 9.59 Å². The second-order valence-electron chi connectivity index (χ2n) is 5.86. The first-order valence-electron chi connectivity index (χ1n) is 8.76. The van der Waals surface area contributed by atoms with Gasteiger partial charge in [-0.25, -0.2) is 0 Å². The number of rotatable bonds is 0. The minimum absolute atomic E-state index is 0. The summed E-state index contributed by atoms with van der Waals surface area (Å²) in [5.41, 5.74) is 2.12. The summed E-state index contributed by atoms with van der Waals surface area (Å²) < 4.78 is 0. The zero-order chi connectivity index (χ0) is 19.6. The molecule has 4 aromatic rings. The van der Waals surface area contributed by atoms with Gasteiger partial charge in [-0.3, -0.25) is 19.6 Å². The molecule has 2 aromatic carbocycles. The van der Waals surface area contributed by atoms with E-state index in [0.29, 0.717) is 0 Å². The molecule has 0 unspecified atom stereocenters. The van der Waals surface area contributed by atoms with Crippen LogP contribution in [0.4, 0.5) is 0 Å². The summed E-state index contributed by atoms with van der Waals surface area (Å²) in [5, 5.41) is 2.40. The Hall–Kier alpha value is -1.92. The van der Waals surface area contributed by atoms with Crippen molar-refractivity contribution in [1.82, 2.24) is 9.97 Å². The van der Waals surface area contributed by atoms with Gasteiger partial charge in [0.25, 0.3) is 0 Å². The van der Waals surface area contributed by atoms with Crippen molar-refractivity contribution in [2.45, 2.75) is 0 Å². The van der Waals surface area contributed by atoms with Crippen LogP contribution in [0.15, 0.2) is 109 Å². The van der Waals surface area contributed by atoms with Gasteiger partial charge in [0.05, 0.1) is 11.0 Å². The van der Waals surface area contributed by atoms with Crippen molar-refractivity contribution in [3.63, 3.8) is 0 Å². The Morgan fingerprint density at radius 1 is 0.467 bits per heavy atom. The quantitative estimate of drug-likeness (QED) is 0.327. The third-order valence-electron chi connectivity index (χ3n) is 3.85. The number of carbonyl (C=O) groups is 2. The monoisotopic (exact) mass is 414 g/mol. The molecule has 6 heteroatoms. The Morgan fingerprint density at radius 2 is 0.800 bits per heavy atom. The predicted octanol–water partition coefficient (Wildman–Crippen LogP) is 3.42. The average Bonchev–Trinajstić information content (AvgIpc) is 2.77. The molecule has 0 aliphatic heterocycles. The minimum Gasteiger partial charge on any atom is -0.256 e. The molecule has 0 radical (unpaired) electrons. The van der Waals surface area contributed by atoms with Crippen LogP contribution in [0.5, 0.6) is 0 Å². The van der Waals surface area contributed by atoms with E-state index in [1.807, 2.05) is 60.9 Å².